The van der Waals surface area contributed by atoms with Crippen molar-refractivity contribution in [3.63, 3.8) is 0 Å². The van der Waals surface area contributed by atoms with Gasteiger partial charge in [-0.05, 0) is 64.9 Å². The monoisotopic (exact) mass is 404 g/mol. The second kappa shape index (κ2) is 10.5. The average molecular weight is 405 g/mol. The van der Waals surface area contributed by atoms with Crippen LogP contribution in [0.2, 0.25) is 0 Å². The quantitative estimate of drug-likeness (QED) is 0.357. The molecule has 0 spiro atoms. The van der Waals surface area contributed by atoms with E-state index in [2.05, 4.69) is 42.2 Å². The molecular formula is C24H24N2O2S. The maximum atomic E-state index is 5.31. The summed E-state index contributed by atoms with van der Waals surface area (Å²) in [6, 6.07) is 20.0. The Balaban J connectivity index is 2.09. The Kier molecular flexibility index (Phi) is 7.47. The van der Waals surface area contributed by atoms with Gasteiger partial charge in [-0.2, -0.15) is 0 Å². The van der Waals surface area contributed by atoms with Crippen molar-refractivity contribution in [2.24, 2.45) is 4.99 Å². The molecule has 0 saturated heterocycles. The molecule has 0 amide bonds. The van der Waals surface area contributed by atoms with Crippen molar-refractivity contribution >= 4 is 28.1 Å². The lowest BCUT2D eigenvalue weighted by Crippen LogP contribution is -1.95. The molecule has 0 N–H and O–H groups in total. The minimum atomic E-state index is 0.829. The van der Waals surface area contributed by atoms with Gasteiger partial charge in [0.05, 0.1) is 31.1 Å². The molecule has 1 aromatic heterocycles. The lowest BCUT2D eigenvalue weighted by molar-refractivity contribution is 0.414. The molecule has 0 aliphatic rings. The number of ether oxygens (including phenoxy) is 2. The maximum Gasteiger partial charge on any atom is 0.118 e. The molecule has 0 atom stereocenters. The van der Waals surface area contributed by atoms with Crippen molar-refractivity contribution in [1.82, 2.24) is 4.98 Å². The van der Waals surface area contributed by atoms with Gasteiger partial charge in [-0.3, -0.25) is 4.98 Å². The van der Waals surface area contributed by atoms with Gasteiger partial charge in [-0.1, -0.05) is 31.2 Å². The van der Waals surface area contributed by atoms with Crippen LogP contribution in [0.4, 0.5) is 5.69 Å². The summed E-state index contributed by atoms with van der Waals surface area (Å²) < 4.78 is 10.6. The summed E-state index contributed by atoms with van der Waals surface area (Å²) in [6.07, 6.45) is 5.65. The highest BCUT2D eigenvalue weighted by Crippen LogP contribution is 2.29. The number of thioether (sulfide) groups is 1. The Labute approximate surface area is 176 Å². The Hall–Kier alpha value is -3.05. The van der Waals surface area contributed by atoms with Crippen molar-refractivity contribution in [2.45, 2.75) is 6.92 Å². The van der Waals surface area contributed by atoms with Gasteiger partial charge in [-0.25, -0.2) is 4.99 Å². The number of methoxy groups -OCH3 is 2. The predicted molar refractivity (Wildman–Crippen MR) is 123 cm³/mol. The zero-order valence-corrected chi connectivity index (χ0v) is 17.6. The van der Waals surface area contributed by atoms with Crippen LogP contribution >= 0.6 is 11.8 Å². The van der Waals surface area contributed by atoms with Gasteiger partial charge in [-0.15, -0.1) is 11.8 Å². The van der Waals surface area contributed by atoms with E-state index in [0.29, 0.717) is 0 Å². The second-order valence-corrected chi connectivity index (χ2v) is 7.39. The van der Waals surface area contributed by atoms with Crippen LogP contribution < -0.4 is 9.47 Å². The van der Waals surface area contributed by atoms with Gasteiger partial charge in [0, 0.05) is 6.20 Å². The summed E-state index contributed by atoms with van der Waals surface area (Å²) in [4.78, 5) is 8.96. The third-order valence-electron chi connectivity index (χ3n) is 4.25. The van der Waals surface area contributed by atoms with Gasteiger partial charge >= 0.3 is 0 Å². The van der Waals surface area contributed by atoms with E-state index < -0.39 is 0 Å². The minimum Gasteiger partial charge on any atom is -0.497 e. The van der Waals surface area contributed by atoms with Crippen LogP contribution in [-0.2, 0) is 0 Å². The fourth-order valence-electron chi connectivity index (χ4n) is 2.80. The molecule has 0 bridgehead atoms. The van der Waals surface area contributed by atoms with E-state index in [1.54, 1.807) is 38.4 Å². The molecule has 2 aromatic carbocycles. The molecule has 3 aromatic rings. The summed E-state index contributed by atoms with van der Waals surface area (Å²) in [6.45, 7) is 2.12. The van der Waals surface area contributed by atoms with Crippen molar-refractivity contribution in [3.8, 4) is 11.5 Å². The first-order valence-electron chi connectivity index (χ1n) is 9.35. The van der Waals surface area contributed by atoms with Crippen molar-refractivity contribution in [1.29, 1.82) is 0 Å². The number of aliphatic imine (C=N–C) groups is 1. The molecule has 0 aliphatic heterocycles. The Morgan fingerprint density at radius 3 is 1.97 bits per heavy atom. The number of benzene rings is 2. The van der Waals surface area contributed by atoms with Crippen LogP contribution in [-0.4, -0.2) is 30.0 Å². The van der Waals surface area contributed by atoms with Crippen LogP contribution in [0.3, 0.4) is 0 Å². The van der Waals surface area contributed by atoms with E-state index in [1.165, 1.54) is 0 Å². The lowest BCUT2D eigenvalue weighted by atomic mass is 9.97. The molecule has 0 unspecified atom stereocenters. The van der Waals surface area contributed by atoms with E-state index in [9.17, 15) is 0 Å². The topological polar surface area (TPSA) is 43.7 Å². The lowest BCUT2D eigenvalue weighted by Gasteiger charge is -2.11. The molecular weight excluding hydrogens is 380 g/mol. The minimum absolute atomic E-state index is 0.829. The first-order chi connectivity index (χ1) is 14.2. The van der Waals surface area contributed by atoms with Gasteiger partial charge in [0.2, 0.25) is 0 Å². The zero-order valence-electron chi connectivity index (χ0n) is 16.8. The molecule has 29 heavy (non-hydrogen) atoms. The number of pyridine rings is 1. The van der Waals surface area contributed by atoms with E-state index in [1.807, 2.05) is 36.4 Å². The Morgan fingerprint density at radius 2 is 1.52 bits per heavy atom. The maximum absolute atomic E-state index is 5.31. The molecule has 4 nitrogen and oxygen atoms in total. The van der Waals surface area contributed by atoms with Crippen LogP contribution in [0.1, 0.15) is 18.1 Å². The van der Waals surface area contributed by atoms with E-state index in [-0.39, 0.29) is 0 Å². The van der Waals surface area contributed by atoms with Crippen LogP contribution in [0, 0.1) is 0 Å². The molecule has 5 heteroatoms. The fraction of sp³-hybridized carbons (Fsp3) is 0.167. The number of aromatic nitrogens is 1. The SMILES string of the molecule is CCSC(C=C(c1ccc(OC)cc1)c1ccc(OC)cc1)=Nc1cccnc1. The summed E-state index contributed by atoms with van der Waals surface area (Å²) in [7, 11) is 3.34. The second-order valence-electron chi connectivity index (χ2n) is 6.11. The van der Waals surface area contributed by atoms with Crippen molar-refractivity contribution in [2.75, 3.05) is 20.0 Å². The summed E-state index contributed by atoms with van der Waals surface area (Å²) in [5.41, 5.74) is 4.10. The van der Waals surface area contributed by atoms with Gasteiger partial charge in [0.25, 0.3) is 0 Å². The third-order valence-corrected chi connectivity index (χ3v) is 5.04. The summed E-state index contributed by atoms with van der Waals surface area (Å²) >= 11 is 1.70. The number of hydrogen-bond donors (Lipinski definition) is 0. The third kappa shape index (κ3) is 5.72. The molecule has 0 aliphatic carbocycles. The highest BCUT2D eigenvalue weighted by Gasteiger charge is 2.09. The van der Waals surface area contributed by atoms with E-state index in [4.69, 9.17) is 14.5 Å². The van der Waals surface area contributed by atoms with Gasteiger partial charge in [0.15, 0.2) is 0 Å². The van der Waals surface area contributed by atoms with Crippen LogP contribution in [0.5, 0.6) is 11.5 Å². The van der Waals surface area contributed by atoms with Crippen LogP contribution in [0.15, 0.2) is 84.1 Å². The molecule has 0 radical (unpaired) electrons. The van der Waals surface area contributed by atoms with Crippen molar-refractivity contribution in [3.05, 3.63) is 90.3 Å². The molecule has 1 heterocycles. The number of hydrogen-bond acceptors (Lipinski definition) is 5. The standard InChI is InChI=1S/C24H24N2O2S/c1-4-29-24(26-20-6-5-15-25-17-20)16-23(18-7-11-21(27-2)12-8-18)19-9-13-22(28-3)14-10-19/h5-17H,4H2,1-3H3. The number of rotatable bonds is 7. The van der Waals surface area contributed by atoms with E-state index >= 15 is 0 Å². The largest absolute Gasteiger partial charge is 0.497 e. The zero-order chi connectivity index (χ0) is 20.5. The smallest absolute Gasteiger partial charge is 0.118 e. The molecule has 0 saturated carbocycles. The predicted octanol–water partition coefficient (Wildman–Crippen LogP) is 6.01. The summed E-state index contributed by atoms with van der Waals surface area (Å²) in [5.74, 6) is 2.58. The van der Waals surface area contributed by atoms with Gasteiger partial charge in [0.1, 0.15) is 11.5 Å². The highest BCUT2D eigenvalue weighted by molar-refractivity contribution is 8.14. The van der Waals surface area contributed by atoms with Crippen molar-refractivity contribution < 1.29 is 9.47 Å². The Bertz CT molecular complexity index is 917. The molecule has 3 rings (SSSR count). The summed E-state index contributed by atoms with van der Waals surface area (Å²) in [5, 5.41) is 0.933. The molecule has 0 fully saturated rings. The van der Waals surface area contributed by atoms with E-state index in [0.717, 1.165) is 44.7 Å². The van der Waals surface area contributed by atoms with Crippen LogP contribution in [0.25, 0.3) is 5.57 Å². The number of nitrogens with zero attached hydrogens (tertiary/aromatic N) is 2. The Morgan fingerprint density at radius 1 is 0.931 bits per heavy atom. The normalized spacial score (nSPS) is 11.1. The average Bonchev–Trinajstić information content (AvgIpc) is 2.78. The van der Waals surface area contributed by atoms with Gasteiger partial charge < -0.3 is 9.47 Å². The fourth-order valence-corrected chi connectivity index (χ4v) is 3.47. The first-order valence-corrected chi connectivity index (χ1v) is 10.3. The molecule has 148 valence electrons. The highest BCUT2D eigenvalue weighted by atomic mass is 32.2. The first kappa shape index (κ1) is 20.7.